The van der Waals surface area contributed by atoms with Crippen molar-refractivity contribution >= 4 is 12.3 Å². The molecule has 0 amide bonds. The van der Waals surface area contributed by atoms with Gasteiger partial charge in [-0.25, -0.2) is 0 Å². The van der Waals surface area contributed by atoms with Gasteiger partial charge in [-0.2, -0.15) is 0 Å². The molecule has 0 bridgehead atoms. The predicted molar refractivity (Wildman–Crippen MR) is 226 cm³/mol. The van der Waals surface area contributed by atoms with E-state index in [1.165, 1.54) is 42.4 Å². The van der Waals surface area contributed by atoms with E-state index in [2.05, 4.69) is 102 Å². The van der Waals surface area contributed by atoms with Crippen LogP contribution in [0.3, 0.4) is 0 Å². The molecule has 2 fully saturated rings. The van der Waals surface area contributed by atoms with Crippen LogP contribution in [0.2, 0.25) is 0 Å². The first-order chi connectivity index (χ1) is 26.3. The third kappa shape index (κ3) is 13.1. The molecule has 0 atom stereocenters. The Morgan fingerprint density at radius 1 is 0.600 bits per heavy atom. The van der Waals surface area contributed by atoms with Gasteiger partial charge in [0.1, 0.15) is 17.8 Å². The van der Waals surface area contributed by atoms with Gasteiger partial charge in [-0.05, 0) is 151 Å². The van der Waals surface area contributed by atoms with Gasteiger partial charge in [-0.15, -0.1) is 0 Å². The number of aldehydes is 1. The smallest absolute Gasteiger partial charge is 0.303 e. The quantitative estimate of drug-likeness (QED) is 0.115. The molecule has 6 rings (SSSR count). The zero-order chi connectivity index (χ0) is 39.4. The maximum atomic E-state index is 10.9. The second kappa shape index (κ2) is 19.5. The molecule has 1 N–H and O–H groups in total. The third-order valence-corrected chi connectivity index (χ3v) is 11.8. The van der Waals surface area contributed by atoms with Crippen molar-refractivity contribution in [2.75, 3.05) is 0 Å². The molecule has 2 aliphatic rings. The summed E-state index contributed by atoms with van der Waals surface area (Å²) in [6.07, 6.45) is 14.0. The number of ether oxygens (including phenoxy) is 2. The summed E-state index contributed by atoms with van der Waals surface area (Å²) in [5.74, 6) is 2.79. The van der Waals surface area contributed by atoms with Crippen LogP contribution in [-0.4, -0.2) is 29.6 Å². The van der Waals surface area contributed by atoms with E-state index in [0.717, 1.165) is 85.7 Å². The van der Waals surface area contributed by atoms with Crippen LogP contribution < -0.4 is 9.47 Å². The molecule has 0 unspecified atom stereocenters. The van der Waals surface area contributed by atoms with Gasteiger partial charge < -0.3 is 14.6 Å². The van der Waals surface area contributed by atoms with Crippen molar-refractivity contribution in [3.8, 4) is 33.8 Å². The normalized spacial score (nSPS) is 20.1. The minimum absolute atomic E-state index is 0.249. The Morgan fingerprint density at radius 2 is 1.05 bits per heavy atom. The van der Waals surface area contributed by atoms with Crippen molar-refractivity contribution in [3.63, 3.8) is 0 Å². The van der Waals surface area contributed by atoms with Crippen LogP contribution in [0, 0.1) is 22.7 Å². The number of aryl methyl sites for hydroxylation is 1. The number of unbranched alkanes of at least 4 members (excludes halogenated alkanes) is 1. The highest BCUT2D eigenvalue weighted by Crippen LogP contribution is 2.40. The van der Waals surface area contributed by atoms with Crippen molar-refractivity contribution in [1.82, 2.24) is 0 Å². The zero-order valence-electron chi connectivity index (χ0n) is 34.2. The Balaban J connectivity index is 0.000000214. The Kier molecular flexibility index (Phi) is 14.8. The molecule has 4 aromatic rings. The largest absolute Gasteiger partial charge is 0.490 e. The lowest BCUT2D eigenvalue weighted by atomic mass is 9.72. The Bertz CT molecular complexity index is 1780. The Morgan fingerprint density at radius 3 is 1.49 bits per heavy atom. The number of carbonyl (C=O) groups excluding carboxylic acids is 1. The average Bonchev–Trinajstić information content (AvgIpc) is 3.17. The molecule has 294 valence electrons. The summed E-state index contributed by atoms with van der Waals surface area (Å²) < 4.78 is 12.5. The van der Waals surface area contributed by atoms with E-state index in [4.69, 9.17) is 14.6 Å². The molecule has 0 spiro atoms. The van der Waals surface area contributed by atoms with E-state index in [-0.39, 0.29) is 6.42 Å². The average molecular weight is 745 g/mol. The van der Waals surface area contributed by atoms with Gasteiger partial charge in [0, 0.05) is 12.0 Å². The number of carboxylic acids is 1. The lowest BCUT2D eigenvalue weighted by molar-refractivity contribution is -0.137. The number of rotatable bonds is 12. The van der Waals surface area contributed by atoms with Crippen LogP contribution in [0.4, 0.5) is 0 Å². The molecule has 2 saturated carbocycles. The van der Waals surface area contributed by atoms with Gasteiger partial charge in [0.15, 0.2) is 0 Å². The fraction of sp³-hybridized carbons (Fsp3) is 0.480. The first kappa shape index (κ1) is 41.8. The monoisotopic (exact) mass is 744 g/mol. The molecule has 0 aromatic heterocycles. The van der Waals surface area contributed by atoms with Crippen LogP contribution in [0.25, 0.3) is 22.3 Å². The molecule has 2 aliphatic carbocycles. The van der Waals surface area contributed by atoms with Crippen LogP contribution in [0.1, 0.15) is 128 Å². The minimum atomic E-state index is -0.715. The topological polar surface area (TPSA) is 72.8 Å². The fourth-order valence-corrected chi connectivity index (χ4v) is 8.23. The summed E-state index contributed by atoms with van der Waals surface area (Å²) in [6, 6.07) is 32.9. The van der Waals surface area contributed by atoms with E-state index in [1.54, 1.807) is 0 Å². The minimum Gasteiger partial charge on any atom is -0.490 e. The lowest BCUT2D eigenvalue weighted by Gasteiger charge is -2.37. The molecule has 0 heterocycles. The maximum absolute atomic E-state index is 10.9. The number of aliphatic carboxylic acids is 1. The summed E-state index contributed by atoms with van der Waals surface area (Å²) in [5.41, 5.74) is 7.31. The standard InChI is InChI=1S/C27H36O3.C23H28O2/c1-27(2,3)23-13-17-25(18-14-23)30-24-15-11-21(12-16-24)22-9-6-8-20(19-22)7-4-5-10-26(28)29;1-23(2,3)20-9-13-22(14-10-20)25-21-11-7-18(8-12-21)19-6-4-5-17(15-19)16-24/h6,8-9,11-12,15-16,19,23,25H,4-5,7,10,13-14,17-18H2,1-3H3,(H,28,29);4-8,11-12,15-16,20,22H,9-10,13-14H2,1-3H3. The number of carbonyl (C=O) groups is 2. The van der Waals surface area contributed by atoms with E-state index in [9.17, 15) is 9.59 Å². The lowest BCUT2D eigenvalue weighted by Crippen LogP contribution is -2.30. The summed E-state index contributed by atoms with van der Waals surface area (Å²) >= 11 is 0. The van der Waals surface area contributed by atoms with Gasteiger partial charge in [-0.1, -0.05) is 108 Å². The first-order valence-electron chi connectivity index (χ1n) is 20.7. The number of hydrogen-bond acceptors (Lipinski definition) is 4. The molecule has 55 heavy (non-hydrogen) atoms. The number of hydrogen-bond donors (Lipinski definition) is 1. The third-order valence-electron chi connectivity index (χ3n) is 11.8. The SMILES string of the molecule is CC(C)(C)C1CCC(Oc2ccc(-c3cccc(C=O)c3)cc2)CC1.CC(C)(C)C1CCC(Oc2ccc(-c3cccc(CCCCC(=O)O)c3)cc2)CC1. The van der Waals surface area contributed by atoms with Gasteiger partial charge >= 0.3 is 5.97 Å². The summed E-state index contributed by atoms with van der Waals surface area (Å²) in [7, 11) is 0. The summed E-state index contributed by atoms with van der Waals surface area (Å²) in [4.78, 5) is 21.6. The Hall–Kier alpha value is -4.38. The molecule has 5 heteroatoms. The van der Waals surface area contributed by atoms with E-state index < -0.39 is 5.97 Å². The van der Waals surface area contributed by atoms with Gasteiger partial charge in [0.2, 0.25) is 0 Å². The van der Waals surface area contributed by atoms with Crippen molar-refractivity contribution in [1.29, 1.82) is 0 Å². The highest BCUT2D eigenvalue weighted by Gasteiger charge is 2.31. The summed E-state index contributed by atoms with van der Waals surface area (Å²) in [6.45, 7) is 14.1. The van der Waals surface area contributed by atoms with Crippen molar-refractivity contribution in [3.05, 3.63) is 108 Å². The highest BCUT2D eigenvalue weighted by atomic mass is 16.5. The van der Waals surface area contributed by atoms with Crippen LogP contribution in [0.5, 0.6) is 11.5 Å². The zero-order valence-corrected chi connectivity index (χ0v) is 34.2. The van der Waals surface area contributed by atoms with Gasteiger partial charge in [0.05, 0.1) is 12.2 Å². The van der Waals surface area contributed by atoms with E-state index >= 15 is 0 Å². The van der Waals surface area contributed by atoms with E-state index in [0.29, 0.717) is 28.6 Å². The molecule has 5 nitrogen and oxygen atoms in total. The van der Waals surface area contributed by atoms with Crippen molar-refractivity contribution in [2.45, 2.75) is 131 Å². The van der Waals surface area contributed by atoms with Crippen LogP contribution in [-0.2, 0) is 11.2 Å². The molecule has 0 aliphatic heterocycles. The van der Waals surface area contributed by atoms with Crippen LogP contribution in [0.15, 0.2) is 97.1 Å². The van der Waals surface area contributed by atoms with E-state index in [1.807, 2.05) is 36.4 Å². The molecular formula is C50H64O5. The highest BCUT2D eigenvalue weighted by molar-refractivity contribution is 5.79. The summed E-state index contributed by atoms with van der Waals surface area (Å²) in [5, 5.41) is 8.76. The molecule has 0 saturated heterocycles. The molecule has 0 radical (unpaired) electrons. The second-order valence-corrected chi connectivity index (χ2v) is 18.0. The fourth-order valence-electron chi connectivity index (χ4n) is 8.23. The molecular weight excluding hydrogens is 681 g/mol. The van der Waals surface area contributed by atoms with Gasteiger partial charge in [-0.3, -0.25) is 9.59 Å². The Labute approximate surface area is 330 Å². The number of benzene rings is 4. The van der Waals surface area contributed by atoms with Crippen molar-refractivity contribution in [2.24, 2.45) is 22.7 Å². The van der Waals surface area contributed by atoms with Crippen molar-refractivity contribution < 1.29 is 24.2 Å². The second-order valence-electron chi connectivity index (χ2n) is 18.0. The first-order valence-corrected chi connectivity index (χ1v) is 20.7. The number of carboxylic acid groups (broad SMARTS) is 1. The predicted octanol–water partition coefficient (Wildman–Crippen LogP) is 13.3. The molecule has 4 aromatic carbocycles. The van der Waals surface area contributed by atoms with Crippen LogP contribution >= 0.6 is 0 Å². The van der Waals surface area contributed by atoms with Gasteiger partial charge in [0.25, 0.3) is 0 Å². The maximum Gasteiger partial charge on any atom is 0.303 e.